The van der Waals surface area contributed by atoms with Crippen LogP contribution < -0.4 is 14.2 Å². The molecule has 9 heteroatoms. The molecular weight excluding hydrogens is 406 g/mol. The van der Waals surface area contributed by atoms with Crippen molar-refractivity contribution < 1.29 is 23.0 Å². The number of nitrogens with one attached hydrogen (secondary N) is 1. The Morgan fingerprint density at radius 2 is 1.93 bits per heavy atom. The van der Waals surface area contributed by atoms with Crippen molar-refractivity contribution in [2.75, 3.05) is 14.2 Å². The van der Waals surface area contributed by atoms with Gasteiger partial charge in [0.1, 0.15) is 22.5 Å². The van der Waals surface area contributed by atoms with Crippen LogP contribution in [0.5, 0.6) is 11.5 Å². The average Bonchev–Trinajstić information content (AvgIpc) is 3.37. The van der Waals surface area contributed by atoms with Crippen LogP contribution in [0.3, 0.4) is 0 Å². The lowest BCUT2D eigenvalue weighted by atomic mass is 10.2. The maximum absolute atomic E-state index is 12.6. The van der Waals surface area contributed by atoms with E-state index in [1.54, 1.807) is 6.07 Å². The number of hydrogen-bond acceptors (Lipinski definition) is 7. The van der Waals surface area contributed by atoms with E-state index in [4.69, 9.17) is 9.47 Å². The van der Waals surface area contributed by atoms with Gasteiger partial charge in [-0.2, -0.15) is 0 Å². The van der Waals surface area contributed by atoms with Crippen molar-refractivity contribution in [1.82, 2.24) is 4.72 Å². The number of rotatable bonds is 8. The van der Waals surface area contributed by atoms with E-state index >= 15 is 0 Å². The predicted molar refractivity (Wildman–Crippen MR) is 106 cm³/mol. The third-order valence-corrected chi connectivity index (χ3v) is 7.36. The first-order chi connectivity index (χ1) is 12.9. The minimum absolute atomic E-state index is 0.0428. The summed E-state index contributed by atoms with van der Waals surface area (Å²) in [5.74, 6) is 0.720. The second-order valence-electron chi connectivity index (χ2n) is 5.56. The Bertz CT molecular complexity index is 996. The summed E-state index contributed by atoms with van der Waals surface area (Å²) in [5.41, 5.74) is 0. The number of ether oxygens (including phenoxy) is 2. The van der Waals surface area contributed by atoms with Gasteiger partial charge in [0, 0.05) is 27.2 Å². The topological polar surface area (TPSA) is 84.9 Å². The molecule has 3 aromatic rings. The molecule has 27 heavy (non-hydrogen) atoms. The molecule has 1 aromatic carbocycles. The SMILES string of the molecule is COc1ccc(S(=O)(=O)NCc2ccc(C(O)c3cccs3)s2)c(OC)c1. The maximum atomic E-state index is 12.6. The number of aliphatic hydroxyl groups excluding tert-OH is 1. The molecule has 0 fully saturated rings. The van der Waals surface area contributed by atoms with E-state index in [9.17, 15) is 13.5 Å². The van der Waals surface area contributed by atoms with Gasteiger partial charge in [-0.15, -0.1) is 22.7 Å². The summed E-state index contributed by atoms with van der Waals surface area (Å²) in [6, 6.07) is 11.9. The fraction of sp³-hybridized carbons (Fsp3) is 0.222. The molecule has 0 amide bonds. The first kappa shape index (κ1) is 19.8. The number of benzene rings is 1. The van der Waals surface area contributed by atoms with E-state index in [0.29, 0.717) is 5.75 Å². The van der Waals surface area contributed by atoms with Gasteiger partial charge in [-0.1, -0.05) is 6.07 Å². The third kappa shape index (κ3) is 4.50. The van der Waals surface area contributed by atoms with Crippen LogP contribution >= 0.6 is 22.7 Å². The molecule has 0 aliphatic carbocycles. The summed E-state index contributed by atoms with van der Waals surface area (Å²) in [4.78, 5) is 2.47. The fourth-order valence-electron chi connectivity index (χ4n) is 2.46. The third-order valence-electron chi connectivity index (χ3n) is 3.86. The van der Waals surface area contributed by atoms with E-state index in [2.05, 4.69) is 4.72 Å². The van der Waals surface area contributed by atoms with Gasteiger partial charge >= 0.3 is 0 Å². The zero-order valence-electron chi connectivity index (χ0n) is 14.7. The second kappa shape index (κ2) is 8.41. The maximum Gasteiger partial charge on any atom is 0.244 e. The molecular formula is C18H19NO5S3. The summed E-state index contributed by atoms with van der Waals surface area (Å²) >= 11 is 2.85. The molecule has 0 aliphatic rings. The van der Waals surface area contributed by atoms with Gasteiger partial charge < -0.3 is 14.6 Å². The van der Waals surface area contributed by atoms with Crippen molar-refractivity contribution in [3.05, 3.63) is 62.5 Å². The molecule has 0 radical (unpaired) electrons. The highest BCUT2D eigenvalue weighted by Crippen LogP contribution is 2.32. The molecule has 0 bridgehead atoms. The highest BCUT2D eigenvalue weighted by Gasteiger charge is 2.21. The lowest BCUT2D eigenvalue weighted by Gasteiger charge is -2.11. The Kier molecular flexibility index (Phi) is 6.18. The van der Waals surface area contributed by atoms with Gasteiger partial charge in [-0.25, -0.2) is 13.1 Å². The van der Waals surface area contributed by atoms with E-state index in [0.717, 1.165) is 14.6 Å². The Morgan fingerprint density at radius 1 is 1.11 bits per heavy atom. The normalized spacial score (nSPS) is 12.7. The van der Waals surface area contributed by atoms with E-state index in [1.165, 1.54) is 49.0 Å². The molecule has 2 N–H and O–H groups in total. The number of aliphatic hydroxyl groups is 1. The largest absolute Gasteiger partial charge is 0.497 e. The van der Waals surface area contributed by atoms with Gasteiger partial charge in [0.15, 0.2) is 0 Å². The number of thiophene rings is 2. The molecule has 3 rings (SSSR count). The highest BCUT2D eigenvalue weighted by atomic mass is 32.2. The molecule has 2 aromatic heterocycles. The molecule has 0 aliphatic heterocycles. The van der Waals surface area contributed by atoms with Crippen LogP contribution in [0.2, 0.25) is 0 Å². The van der Waals surface area contributed by atoms with Crippen LogP contribution in [-0.2, 0) is 16.6 Å². The van der Waals surface area contributed by atoms with Crippen LogP contribution in [0, 0.1) is 0 Å². The molecule has 1 unspecified atom stereocenters. The second-order valence-corrected chi connectivity index (χ2v) is 9.48. The average molecular weight is 426 g/mol. The fourth-order valence-corrected chi connectivity index (χ4v) is 5.47. The number of hydrogen-bond donors (Lipinski definition) is 2. The summed E-state index contributed by atoms with van der Waals surface area (Å²) < 4.78 is 38.1. The Balaban J connectivity index is 1.73. The highest BCUT2D eigenvalue weighted by molar-refractivity contribution is 7.89. The molecule has 0 saturated heterocycles. The first-order valence-corrected chi connectivity index (χ1v) is 11.1. The van der Waals surface area contributed by atoms with E-state index in [-0.39, 0.29) is 17.2 Å². The minimum Gasteiger partial charge on any atom is -0.497 e. The van der Waals surface area contributed by atoms with Crippen LogP contribution in [0.15, 0.2) is 52.7 Å². The summed E-state index contributed by atoms with van der Waals surface area (Å²) in [6.45, 7) is 0.124. The van der Waals surface area contributed by atoms with Crippen molar-refractivity contribution in [2.24, 2.45) is 0 Å². The molecule has 144 valence electrons. The number of methoxy groups -OCH3 is 2. The molecule has 1 atom stereocenters. The molecule has 2 heterocycles. The number of sulfonamides is 1. The first-order valence-electron chi connectivity index (χ1n) is 7.96. The van der Waals surface area contributed by atoms with Crippen LogP contribution in [0.25, 0.3) is 0 Å². The summed E-state index contributed by atoms with van der Waals surface area (Å²) in [5, 5.41) is 12.3. The lowest BCUT2D eigenvalue weighted by Crippen LogP contribution is -2.23. The van der Waals surface area contributed by atoms with E-state index in [1.807, 2.05) is 29.6 Å². The van der Waals surface area contributed by atoms with Crippen LogP contribution in [-0.4, -0.2) is 27.7 Å². The van der Waals surface area contributed by atoms with Crippen molar-refractivity contribution in [2.45, 2.75) is 17.5 Å². The lowest BCUT2D eigenvalue weighted by molar-refractivity contribution is 0.228. The Morgan fingerprint density at radius 3 is 2.59 bits per heavy atom. The van der Waals surface area contributed by atoms with Gasteiger partial charge in [0.05, 0.1) is 14.2 Å². The predicted octanol–water partition coefficient (Wildman–Crippen LogP) is 3.39. The van der Waals surface area contributed by atoms with Gasteiger partial charge in [-0.05, 0) is 35.7 Å². The van der Waals surface area contributed by atoms with Gasteiger partial charge in [0.2, 0.25) is 10.0 Å². The standard InChI is InChI=1S/C18H19NO5S3/c1-23-12-5-8-17(14(10-12)24-2)27(21,22)19-11-13-6-7-16(26-13)18(20)15-4-3-9-25-15/h3-10,18-20H,11H2,1-2H3. The summed E-state index contributed by atoms with van der Waals surface area (Å²) in [6.07, 6.45) is -0.693. The van der Waals surface area contributed by atoms with Crippen LogP contribution in [0.1, 0.15) is 20.7 Å². The van der Waals surface area contributed by atoms with Crippen molar-refractivity contribution in [3.63, 3.8) is 0 Å². The molecule has 0 saturated carbocycles. The van der Waals surface area contributed by atoms with E-state index < -0.39 is 16.1 Å². The Labute approximate surface area is 166 Å². The van der Waals surface area contributed by atoms with Gasteiger partial charge in [0.25, 0.3) is 0 Å². The zero-order chi connectivity index (χ0) is 19.4. The van der Waals surface area contributed by atoms with Crippen molar-refractivity contribution in [1.29, 1.82) is 0 Å². The molecule has 6 nitrogen and oxygen atoms in total. The zero-order valence-corrected chi connectivity index (χ0v) is 17.2. The van der Waals surface area contributed by atoms with Gasteiger partial charge in [-0.3, -0.25) is 0 Å². The minimum atomic E-state index is -3.76. The summed E-state index contributed by atoms with van der Waals surface area (Å²) in [7, 11) is -0.857. The van der Waals surface area contributed by atoms with Crippen LogP contribution in [0.4, 0.5) is 0 Å². The quantitative estimate of drug-likeness (QED) is 0.578. The monoisotopic (exact) mass is 425 g/mol. The van der Waals surface area contributed by atoms with Crippen molar-refractivity contribution in [3.8, 4) is 11.5 Å². The Hall–Kier alpha value is -1.91. The molecule has 0 spiro atoms. The smallest absolute Gasteiger partial charge is 0.244 e. The van der Waals surface area contributed by atoms with Crippen molar-refractivity contribution >= 4 is 32.7 Å².